The molecule has 2 nitrogen and oxygen atoms in total. The number of carbonyl (C=O) groups is 1. The molecule has 0 aliphatic heterocycles. The highest BCUT2D eigenvalue weighted by Gasteiger charge is 2.18. The molecule has 0 aromatic heterocycles. The van der Waals surface area contributed by atoms with Crippen molar-refractivity contribution in [1.29, 1.82) is 0 Å². The fourth-order valence-corrected chi connectivity index (χ4v) is 1.07. The molecule has 0 bridgehead atoms. The third kappa shape index (κ3) is 3.51. The molecule has 0 aliphatic carbocycles. The molecular weight excluding hydrogens is 140 g/mol. The lowest BCUT2D eigenvalue weighted by atomic mass is 9.94. The maximum absolute atomic E-state index is 11.4. The monoisotopic (exact) mass is 158 g/mol. The molecule has 11 heavy (non-hydrogen) atoms. The predicted octanol–water partition coefficient (Wildman–Crippen LogP) is 1.88. The van der Waals surface area contributed by atoms with Crippen LogP contribution in [0.25, 0.3) is 0 Å². The number of methoxy groups -OCH3 is 1. The van der Waals surface area contributed by atoms with E-state index in [-0.39, 0.29) is 11.8 Å². The van der Waals surface area contributed by atoms with Gasteiger partial charge in [-0.25, -0.2) is 0 Å². The fourth-order valence-electron chi connectivity index (χ4n) is 1.07. The molecular formula is C9H18O2. The van der Waals surface area contributed by atoms with Gasteiger partial charge in [-0.15, -0.1) is 0 Å². The van der Waals surface area contributed by atoms with Crippen LogP contribution in [0.3, 0.4) is 0 Å². The van der Waals surface area contributed by atoms with E-state index in [1.165, 1.54) is 0 Å². The van der Waals surface area contributed by atoms with Gasteiger partial charge in [0.1, 0.15) is 5.78 Å². The molecule has 0 aromatic carbocycles. The summed E-state index contributed by atoms with van der Waals surface area (Å²) < 4.78 is 4.95. The van der Waals surface area contributed by atoms with Gasteiger partial charge in [0.05, 0.1) is 6.61 Å². The molecule has 0 spiro atoms. The van der Waals surface area contributed by atoms with Crippen molar-refractivity contribution in [2.24, 2.45) is 11.8 Å². The standard InChI is InChI=1S/C9H18O2/c1-5-8(6-11-4)9(10)7(2)3/h7-8H,5-6H2,1-4H3. The summed E-state index contributed by atoms with van der Waals surface area (Å²) in [6.45, 7) is 6.44. The van der Waals surface area contributed by atoms with Crippen molar-refractivity contribution in [3.05, 3.63) is 0 Å². The molecule has 0 rings (SSSR count). The van der Waals surface area contributed by atoms with Crippen LogP contribution in [0.4, 0.5) is 0 Å². The molecule has 2 heteroatoms. The van der Waals surface area contributed by atoms with E-state index in [1.807, 2.05) is 20.8 Å². The average molecular weight is 158 g/mol. The molecule has 0 saturated carbocycles. The van der Waals surface area contributed by atoms with Gasteiger partial charge in [0.2, 0.25) is 0 Å². The van der Waals surface area contributed by atoms with Gasteiger partial charge in [0.15, 0.2) is 0 Å². The van der Waals surface area contributed by atoms with Gasteiger partial charge in [-0.3, -0.25) is 4.79 Å². The van der Waals surface area contributed by atoms with Gasteiger partial charge in [-0.1, -0.05) is 20.8 Å². The summed E-state index contributed by atoms with van der Waals surface area (Å²) in [5.41, 5.74) is 0. The largest absolute Gasteiger partial charge is 0.384 e. The lowest BCUT2D eigenvalue weighted by Crippen LogP contribution is -2.23. The average Bonchev–Trinajstić information content (AvgIpc) is 1.98. The van der Waals surface area contributed by atoms with Crippen LogP contribution in [-0.4, -0.2) is 19.5 Å². The van der Waals surface area contributed by atoms with Gasteiger partial charge in [0.25, 0.3) is 0 Å². The Hall–Kier alpha value is -0.370. The SMILES string of the molecule is CCC(COC)C(=O)C(C)C. The summed E-state index contributed by atoms with van der Waals surface area (Å²) in [5, 5.41) is 0. The first-order chi connectivity index (χ1) is 5.13. The zero-order valence-electron chi connectivity index (χ0n) is 7.89. The summed E-state index contributed by atoms with van der Waals surface area (Å²) in [6.07, 6.45) is 0.880. The van der Waals surface area contributed by atoms with Crippen LogP contribution in [0.1, 0.15) is 27.2 Å². The third-order valence-electron chi connectivity index (χ3n) is 1.83. The summed E-state index contributed by atoms with van der Waals surface area (Å²) in [6, 6.07) is 0. The van der Waals surface area contributed by atoms with E-state index >= 15 is 0 Å². The molecule has 0 saturated heterocycles. The van der Waals surface area contributed by atoms with Gasteiger partial charge in [-0.2, -0.15) is 0 Å². The number of hydrogen-bond acceptors (Lipinski definition) is 2. The van der Waals surface area contributed by atoms with Gasteiger partial charge < -0.3 is 4.74 Å². The van der Waals surface area contributed by atoms with Crippen molar-refractivity contribution < 1.29 is 9.53 Å². The summed E-state index contributed by atoms with van der Waals surface area (Å²) in [7, 11) is 1.64. The predicted molar refractivity (Wildman–Crippen MR) is 45.5 cm³/mol. The second-order valence-corrected chi connectivity index (χ2v) is 3.12. The van der Waals surface area contributed by atoms with Crippen molar-refractivity contribution in [1.82, 2.24) is 0 Å². The highest BCUT2D eigenvalue weighted by Crippen LogP contribution is 2.10. The zero-order valence-corrected chi connectivity index (χ0v) is 7.89. The maximum Gasteiger partial charge on any atom is 0.140 e. The lowest BCUT2D eigenvalue weighted by Gasteiger charge is -2.14. The second-order valence-electron chi connectivity index (χ2n) is 3.12. The zero-order chi connectivity index (χ0) is 8.85. The number of carbonyl (C=O) groups excluding carboxylic acids is 1. The minimum absolute atomic E-state index is 0.0972. The molecule has 0 fully saturated rings. The van der Waals surface area contributed by atoms with Gasteiger partial charge in [0, 0.05) is 18.9 Å². The van der Waals surface area contributed by atoms with Gasteiger partial charge >= 0.3 is 0 Å². The van der Waals surface area contributed by atoms with Crippen molar-refractivity contribution >= 4 is 5.78 Å². The van der Waals surface area contributed by atoms with Crippen molar-refractivity contribution in [3.8, 4) is 0 Å². The topological polar surface area (TPSA) is 26.3 Å². The molecule has 66 valence electrons. The van der Waals surface area contributed by atoms with Crippen LogP contribution in [0.15, 0.2) is 0 Å². The Morgan fingerprint density at radius 3 is 2.27 bits per heavy atom. The molecule has 0 aliphatic rings. The Morgan fingerprint density at radius 2 is 2.00 bits per heavy atom. The number of hydrogen-bond donors (Lipinski definition) is 0. The smallest absolute Gasteiger partial charge is 0.140 e. The minimum atomic E-state index is 0.0972. The van der Waals surface area contributed by atoms with Crippen LogP contribution in [0, 0.1) is 11.8 Å². The van der Waals surface area contributed by atoms with E-state index in [0.29, 0.717) is 12.4 Å². The first-order valence-corrected chi connectivity index (χ1v) is 4.16. The lowest BCUT2D eigenvalue weighted by molar-refractivity contribution is -0.127. The molecule has 0 amide bonds. The third-order valence-corrected chi connectivity index (χ3v) is 1.83. The van der Waals surface area contributed by atoms with E-state index in [1.54, 1.807) is 7.11 Å². The quantitative estimate of drug-likeness (QED) is 0.610. The Bertz CT molecular complexity index is 119. The minimum Gasteiger partial charge on any atom is -0.384 e. The van der Waals surface area contributed by atoms with Crippen molar-refractivity contribution in [2.75, 3.05) is 13.7 Å². The summed E-state index contributed by atoms with van der Waals surface area (Å²) in [5.74, 6) is 0.546. The number of ether oxygens (including phenoxy) is 1. The van der Waals surface area contributed by atoms with Crippen LogP contribution in [-0.2, 0) is 9.53 Å². The molecule has 0 heterocycles. The number of rotatable bonds is 5. The van der Waals surface area contributed by atoms with Crippen LogP contribution < -0.4 is 0 Å². The first-order valence-electron chi connectivity index (χ1n) is 4.16. The number of Topliss-reactive ketones (excluding diaryl/α,β-unsaturated/α-hetero) is 1. The van der Waals surface area contributed by atoms with E-state index in [9.17, 15) is 4.79 Å². The van der Waals surface area contributed by atoms with E-state index in [0.717, 1.165) is 6.42 Å². The van der Waals surface area contributed by atoms with Crippen LogP contribution in [0.2, 0.25) is 0 Å². The Kier molecular flexibility index (Phi) is 5.12. The Labute approximate surface area is 68.9 Å². The van der Waals surface area contributed by atoms with Crippen molar-refractivity contribution in [2.45, 2.75) is 27.2 Å². The fraction of sp³-hybridized carbons (Fsp3) is 0.889. The Morgan fingerprint density at radius 1 is 1.45 bits per heavy atom. The van der Waals surface area contributed by atoms with E-state index in [2.05, 4.69) is 0 Å². The molecule has 1 atom stereocenters. The summed E-state index contributed by atoms with van der Waals surface area (Å²) >= 11 is 0. The molecule has 1 unspecified atom stereocenters. The highest BCUT2D eigenvalue weighted by atomic mass is 16.5. The normalized spacial score (nSPS) is 13.5. The number of ketones is 1. The molecule has 0 radical (unpaired) electrons. The maximum atomic E-state index is 11.4. The summed E-state index contributed by atoms with van der Waals surface area (Å²) in [4.78, 5) is 11.4. The first kappa shape index (κ1) is 10.6. The van der Waals surface area contributed by atoms with Gasteiger partial charge in [-0.05, 0) is 6.42 Å². The Balaban J connectivity index is 3.92. The second kappa shape index (κ2) is 5.30. The molecule has 0 aromatic rings. The highest BCUT2D eigenvalue weighted by molar-refractivity contribution is 5.82. The van der Waals surface area contributed by atoms with E-state index < -0.39 is 0 Å². The van der Waals surface area contributed by atoms with Crippen LogP contribution >= 0.6 is 0 Å². The van der Waals surface area contributed by atoms with E-state index in [4.69, 9.17) is 4.74 Å². The van der Waals surface area contributed by atoms with Crippen LogP contribution in [0.5, 0.6) is 0 Å². The molecule has 0 N–H and O–H groups in total. The van der Waals surface area contributed by atoms with Crippen molar-refractivity contribution in [3.63, 3.8) is 0 Å².